The predicted molar refractivity (Wildman–Crippen MR) is 40.5 cm³/mol. The number of hydrogen-bond acceptors (Lipinski definition) is 1. The van der Waals surface area contributed by atoms with Crippen molar-refractivity contribution in [3.63, 3.8) is 0 Å². The number of rotatable bonds is 4. The van der Waals surface area contributed by atoms with Crippen molar-refractivity contribution < 1.29 is 4.74 Å². The maximum absolute atomic E-state index is 5.06. The SMILES string of the molecule is C=C(C)CCC(C)OC. The Morgan fingerprint density at radius 2 is 2.22 bits per heavy atom. The van der Waals surface area contributed by atoms with Crippen LogP contribution in [0.4, 0.5) is 0 Å². The molecule has 1 unspecified atom stereocenters. The summed E-state index contributed by atoms with van der Waals surface area (Å²) in [5.74, 6) is 0. The molecule has 54 valence electrons. The van der Waals surface area contributed by atoms with Gasteiger partial charge in [0.1, 0.15) is 0 Å². The van der Waals surface area contributed by atoms with Gasteiger partial charge in [0, 0.05) is 7.11 Å². The first-order valence-electron chi connectivity index (χ1n) is 3.34. The molecule has 1 atom stereocenters. The zero-order valence-electron chi connectivity index (χ0n) is 6.61. The molecule has 0 rings (SSSR count). The average Bonchev–Trinajstić information content (AvgIpc) is 1.83. The largest absolute Gasteiger partial charge is 0.382 e. The van der Waals surface area contributed by atoms with Crippen LogP contribution in [0, 0.1) is 0 Å². The third-order valence-corrected chi connectivity index (χ3v) is 1.38. The molecular weight excluding hydrogens is 112 g/mol. The summed E-state index contributed by atoms with van der Waals surface area (Å²) in [6.45, 7) is 7.92. The van der Waals surface area contributed by atoms with Crippen LogP contribution in [0.2, 0.25) is 0 Å². The topological polar surface area (TPSA) is 9.23 Å². The Kier molecular flexibility index (Phi) is 4.41. The van der Waals surface area contributed by atoms with Crippen LogP contribution in [-0.2, 0) is 4.74 Å². The third kappa shape index (κ3) is 5.57. The molecule has 1 nitrogen and oxygen atoms in total. The Hall–Kier alpha value is -0.300. The lowest BCUT2D eigenvalue weighted by atomic mass is 10.1. The molecule has 0 amide bonds. The van der Waals surface area contributed by atoms with E-state index in [1.54, 1.807) is 7.11 Å². The first-order valence-corrected chi connectivity index (χ1v) is 3.34. The van der Waals surface area contributed by atoms with E-state index < -0.39 is 0 Å². The summed E-state index contributed by atoms with van der Waals surface area (Å²) in [5.41, 5.74) is 1.24. The summed E-state index contributed by atoms with van der Waals surface area (Å²) in [6.07, 6.45) is 2.54. The van der Waals surface area contributed by atoms with Crippen molar-refractivity contribution in [2.75, 3.05) is 7.11 Å². The Morgan fingerprint density at radius 1 is 1.67 bits per heavy atom. The molecule has 0 N–H and O–H groups in total. The first-order chi connectivity index (χ1) is 4.16. The van der Waals surface area contributed by atoms with Gasteiger partial charge in [-0.15, -0.1) is 6.58 Å². The second kappa shape index (κ2) is 4.57. The minimum absolute atomic E-state index is 0.377. The fourth-order valence-corrected chi connectivity index (χ4v) is 0.568. The van der Waals surface area contributed by atoms with Crippen molar-refractivity contribution >= 4 is 0 Å². The van der Waals surface area contributed by atoms with Gasteiger partial charge < -0.3 is 4.74 Å². The first kappa shape index (κ1) is 8.70. The van der Waals surface area contributed by atoms with Gasteiger partial charge in [-0.3, -0.25) is 0 Å². The number of hydrogen-bond donors (Lipinski definition) is 0. The lowest BCUT2D eigenvalue weighted by Gasteiger charge is -2.07. The van der Waals surface area contributed by atoms with Gasteiger partial charge in [0.2, 0.25) is 0 Å². The van der Waals surface area contributed by atoms with Crippen molar-refractivity contribution in [3.05, 3.63) is 12.2 Å². The highest BCUT2D eigenvalue weighted by Gasteiger charge is 1.97. The summed E-state index contributed by atoms with van der Waals surface area (Å²) in [7, 11) is 1.74. The van der Waals surface area contributed by atoms with Crippen molar-refractivity contribution in [2.24, 2.45) is 0 Å². The van der Waals surface area contributed by atoms with Gasteiger partial charge in [-0.2, -0.15) is 0 Å². The van der Waals surface area contributed by atoms with Gasteiger partial charge in [0.15, 0.2) is 0 Å². The van der Waals surface area contributed by atoms with E-state index in [0.717, 1.165) is 12.8 Å². The third-order valence-electron chi connectivity index (χ3n) is 1.38. The summed E-state index contributed by atoms with van der Waals surface area (Å²) < 4.78 is 5.06. The Morgan fingerprint density at radius 3 is 2.56 bits per heavy atom. The van der Waals surface area contributed by atoms with Crippen molar-refractivity contribution in [1.29, 1.82) is 0 Å². The molecule has 0 aliphatic rings. The normalized spacial score (nSPS) is 13.2. The molecule has 0 spiro atoms. The summed E-state index contributed by atoms with van der Waals surface area (Å²) in [5, 5.41) is 0. The standard InChI is InChI=1S/C8H16O/c1-7(2)5-6-8(3)9-4/h8H,1,5-6H2,2-4H3. The van der Waals surface area contributed by atoms with Crippen LogP contribution in [0.1, 0.15) is 26.7 Å². The highest BCUT2D eigenvalue weighted by molar-refractivity contribution is 4.87. The molecule has 0 aromatic rings. The zero-order chi connectivity index (χ0) is 7.28. The average molecular weight is 128 g/mol. The smallest absolute Gasteiger partial charge is 0.0546 e. The van der Waals surface area contributed by atoms with E-state index in [1.807, 2.05) is 6.92 Å². The lowest BCUT2D eigenvalue weighted by molar-refractivity contribution is 0.111. The molecule has 0 aliphatic heterocycles. The van der Waals surface area contributed by atoms with Gasteiger partial charge in [-0.25, -0.2) is 0 Å². The quantitative estimate of drug-likeness (QED) is 0.528. The van der Waals surface area contributed by atoms with Crippen LogP contribution in [-0.4, -0.2) is 13.2 Å². The Bertz CT molecular complexity index is 86.6. The van der Waals surface area contributed by atoms with Gasteiger partial charge in [0.05, 0.1) is 6.10 Å². The fraction of sp³-hybridized carbons (Fsp3) is 0.750. The molecule has 9 heavy (non-hydrogen) atoms. The van der Waals surface area contributed by atoms with E-state index in [2.05, 4.69) is 13.5 Å². The van der Waals surface area contributed by atoms with Crippen LogP contribution in [0.25, 0.3) is 0 Å². The number of allylic oxidation sites excluding steroid dienone is 1. The molecule has 0 fully saturated rings. The summed E-state index contributed by atoms with van der Waals surface area (Å²) in [4.78, 5) is 0. The van der Waals surface area contributed by atoms with Crippen LogP contribution in [0.5, 0.6) is 0 Å². The zero-order valence-corrected chi connectivity index (χ0v) is 6.61. The van der Waals surface area contributed by atoms with E-state index in [4.69, 9.17) is 4.74 Å². The van der Waals surface area contributed by atoms with Crippen LogP contribution >= 0.6 is 0 Å². The molecule has 0 radical (unpaired) electrons. The number of ether oxygens (including phenoxy) is 1. The van der Waals surface area contributed by atoms with Gasteiger partial charge in [0.25, 0.3) is 0 Å². The molecular formula is C8H16O. The predicted octanol–water partition coefficient (Wildman–Crippen LogP) is 2.38. The van der Waals surface area contributed by atoms with E-state index in [9.17, 15) is 0 Å². The maximum Gasteiger partial charge on any atom is 0.0546 e. The van der Waals surface area contributed by atoms with E-state index in [-0.39, 0.29) is 0 Å². The highest BCUT2D eigenvalue weighted by Crippen LogP contribution is 2.05. The van der Waals surface area contributed by atoms with Crippen LogP contribution in [0.15, 0.2) is 12.2 Å². The summed E-state index contributed by atoms with van der Waals surface area (Å²) >= 11 is 0. The highest BCUT2D eigenvalue weighted by atomic mass is 16.5. The summed E-state index contributed by atoms with van der Waals surface area (Å²) in [6, 6.07) is 0. The Labute approximate surface area is 57.7 Å². The molecule has 1 heteroatoms. The molecule has 0 saturated carbocycles. The van der Waals surface area contributed by atoms with Gasteiger partial charge >= 0.3 is 0 Å². The van der Waals surface area contributed by atoms with Crippen molar-refractivity contribution in [3.8, 4) is 0 Å². The van der Waals surface area contributed by atoms with Gasteiger partial charge in [-0.05, 0) is 26.7 Å². The minimum Gasteiger partial charge on any atom is -0.382 e. The molecule has 0 aliphatic carbocycles. The Balaban J connectivity index is 3.16. The van der Waals surface area contributed by atoms with E-state index >= 15 is 0 Å². The van der Waals surface area contributed by atoms with Crippen LogP contribution < -0.4 is 0 Å². The molecule has 0 bridgehead atoms. The molecule has 0 aromatic carbocycles. The lowest BCUT2D eigenvalue weighted by Crippen LogP contribution is -2.03. The second-order valence-corrected chi connectivity index (χ2v) is 2.54. The second-order valence-electron chi connectivity index (χ2n) is 2.54. The van der Waals surface area contributed by atoms with Crippen molar-refractivity contribution in [1.82, 2.24) is 0 Å². The fourth-order valence-electron chi connectivity index (χ4n) is 0.568. The molecule has 0 heterocycles. The van der Waals surface area contributed by atoms with Crippen LogP contribution in [0.3, 0.4) is 0 Å². The monoisotopic (exact) mass is 128 g/mol. The molecule has 0 saturated heterocycles. The van der Waals surface area contributed by atoms with E-state index in [1.165, 1.54) is 5.57 Å². The maximum atomic E-state index is 5.06. The molecule has 0 aromatic heterocycles. The number of methoxy groups -OCH3 is 1. The minimum atomic E-state index is 0.377. The van der Waals surface area contributed by atoms with Crippen molar-refractivity contribution in [2.45, 2.75) is 32.8 Å². The van der Waals surface area contributed by atoms with Gasteiger partial charge in [-0.1, -0.05) is 5.57 Å². The van der Waals surface area contributed by atoms with E-state index in [0.29, 0.717) is 6.10 Å².